The molecule has 174 valence electrons. The minimum atomic E-state index is -0.320. The van der Waals surface area contributed by atoms with Crippen LogP contribution in [0.5, 0.6) is 0 Å². The summed E-state index contributed by atoms with van der Waals surface area (Å²) in [5.74, 6) is -0.506. The first-order chi connectivity index (χ1) is 15.5. The lowest BCUT2D eigenvalue weighted by Crippen LogP contribution is -2.43. The van der Waals surface area contributed by atoms with Crippen molar-refractivity contribution < 1.29 is 13.9 Å². The second kappa shape index (κ2) is 11.3. The summed E-state index contributed by atoms with van der Waals surface area (Å²) < 4.78 is 19.2. The van der Waals surface area contributed by atoms with Crippen LogP contribution in [0.3, 0.4) is 0 Å². The van der Waals surface area contributed by atoms with Gasteiger partial charge in [0.1, 0.15) is 5.82 Å². The third-order valence-corrected chi connectivity index (χ3v) is 5.82. The van der Waals surface area contributed by atoms with Gasteiger partial charge in [-0.15, -0.1) is 0 Å². The summed E-state index contributed by atoms with van der Waals surface area (Å²) >= 11 is 0. The van der Waals surface area contributed by atoms with Crippen molar-refractivity contribution in [3.8, 4) is 11.1 Å². The Balaban J connectivity index is 0.00000306. The molecule has 0 radical (unpaired) electrons. The molecule has 1 atom stereocenters. The predicted octanol–water partition coefficient (Wildman–Crippen LogP) is 4.39. The highest BCUT2D eigenvalue weighted by molar-refractivity contribution is 7.59. The maximum Gasteiger partial charge on any atom is 0.226 e. The molecule has 2 aromatic carbocycles. The molecule has 5 nitrogen and oxygen atoms in total. The molecule has 1 aliphatic rings. The van der Waals surface area contributed by atoms with E-state index in [-0.39, 0.29) is 38.2 Å². The Bertz CT molecular complexity index is 1090. The number of hydrogen-bond acceptors (Lipinski definition) is 4. The minimum Gasteiger partial charge on any atom is -0.377 e. The summed E-state index contributed by atoms with van der Waals surface area (Å²) in [6, 6.07) is 17.1. The van der Waals surface area contributed by atoms with Gasteiger partial charge >= 0.3 is 0 Å². The van der Waals surface area contributed by atoms with Crippen molar-refractivity contribution in [3.05, 3.63) is 83.4 Å². The Kier molecular flexibility index (Phi) is 8.47. The van der Waals surface area contributed by atoms with E-state index in [1.165, 1.54) is 17.3 Å². The van der Waals surface area contributed by atoms with Gasteiger partial charge in [0.05, 0.1) is 19.6 Å². The van der Waals surface area contributed by atoms with Crippen LogP contribution in [0.2, 0.25) is 0 Å². The highest BCUT2D eigenvalue weighted by Crippen LogP contribution is 2.28. The summed E-state index contributed by atoms with van der Waals surface area (Å²) in [6.07, 6.45) is 1.96. The molecular formula is C26H30FN3O2S. The van der Waals surface area contributed by atoms with Crippen molar-refractivity contribution in [2.24, 2.45) is 0 Å². The number of anilines is 1. The van der Waals surface area contributed by atoms with Crippen molar-refractivity contribution in [1.82, 2.24) is 10.3 Å². The molecule has 1 aromatic heterocycles. The van der Waals surface area contributed by atoms with Gasteiger partial charge in [0.2, 0.25) is 5.91 Å². The highest BCUT2D eigenvalue weighted by atomic mass is 32.1. The van der Waals surface area contributed by atoms with E-state index in [2.05, 4.69) is 47.2 Å². The molecule has 1 saturated heterocycles. The van der Waals surface area contributed by atoms with Gasteiger partial charge in [-0.3, -0.25) is 9.78 Å². The second-order valence-corrected chi connectivity index (χ2v) is 8.20. The Labute approximate surface area is 201 Å². The zero-order valence-corrected chi connectivity index (χ0v) is 20.0. The summed E-state index contributed by atoms with van der Waals surface area (Å²) in [6.45, 7) is 6.85. The molecule has 0 bridgehead atoms. The summed E-state index contributed by atoms with van der Waals surface area (Å²) in [4.78, 5) is 19.1. The normalized spacial score (nSPS) is 15.6. The number of aryl methyl sites for hydroxylation is 1. The zero-order chi connectivity index (χ0) is 22.5. The number of nitrogens with one attached hydrogen (secondary N) is 1. The largest absolute Gasteiger partial charge is 0.377 e. The molecule has 3 aromatic rings. The lowest BCUT2D eigenvalue weighted by molar-refractivity contribution is -0.120. The van der Waals surface area contributed by atoms with E-state index < -0.39 is 0 Å². The van der Waals surface area contributed by atoms with Crippen LogP contribution < -0.4 is 10.2 Å². The number of halogens is 1. The van der Waals surface area contributed by atoms with E-state index in [0.717, 1.165) is 30.9 Å². The van der Waals surface area contributed by atoms with Crippen LogP contribution in [-0.4, -0.2) is 36.7 Å². The fourth-order valence-corrected chi connectivity index (χ4v) is 4.01. The maximum absolute atomic E-state index is 13.7. The highest BCUT2D eigenvalue weighted by Gasteiger charge is 2.19. The number of benzene rings is 2. The predicted molar refractivity (Wildman–Crippen MR) is 134 cm³/mol. The molecule has 1 fully saturated rings. The average Bonchev–Trinajstić information content (AvgIpc) is 2.79. The van der Waals surface area contributed by atoms with Gasteiger partial charge in [0.15, 0.2) is 0 Å². The number of hydrogen-bond donors (Lipinski definition) is 1. The van der Waals surface area contributed by atoms with Gasteiger partial charge < -0.3 is 15.0 Å². The Morgan fingerprint density at radius 2 is 2.03 bits per heavy atom. The molecule has 2 heterocycles. The van der Waals surface area contributed by atoms with Crippen LogP contribution in [0.1, 0.15) is 23.7 Å². The van der Waals surface area contributed by atoms with Crippen LogP contribution in [0.4, 0.5) is 10.1 Å². The second-order valence-electron chi connectivity index (χ2n) is 8.20. The average molecular weight is 468 g/mol. The molecule has 1 N–H and O–H groups in total. The van der Waals surface area contributed by atoms with Crippen molar-refractivity contribution in [2.75, 3.05) is 24.7 Å². The third kappa shape index (κ3) is 6.12. The Morgan fingerprint density at radius 1 is 1.21 bits per heavy atom. The SMILES string of the molecule is Cc1cc(N2CCOC[C@@H]2C)ccc1-c1ccc(CC(=O)NCc2ccccc2F)nc1.S. The molecule has 0 unspecified atom stereocenters. The number of pyridine rings is 1. The van der Waals surface area contributed by atoms with E-state index in [4.69, 9.17) is 4.74 Å². The number of aromatic nitrogens is 1. The van der Waals surface area contributed by atoms with Gasteiger partial charge in [-0.1, -0.05) is 30.3 Å². The monoisotopic (exact) mass is 467 g/mol. The van der Waals surface area contributed by atoms with Gasteiger partial charge in [-0.2, -0.15) is 13.5 Å². The molecule has 0 spiro atoms. The molecular weight excluding hydrogens is 437 g/mol. The number of rotatable bonds is 6. The number of ether oxygens (including phenoxy) is 1. The van der Waals surface area contributed by atoms with E-state index in [1.54, 1.807) is 24.4 Å². The molecule has 0 aliphatic carbocycles. The van der Waals surface area contributed by atoms with Crippen molar-refractivity contribution in [3.63, 3.8) is 0 Å². The molecule has 4 rings (SSSR count). The van der Waals surface area contributed by atoms with E-state index in [1.807, 2.05) is 12.1 Å². The lowest BCUT2D eigenvalue weighted by Gasteiger charge is -2.35. The topological polar surface area (TPSA) is 54.5 Å². The first-order valence-corrected chi connectivity index (χ1v) is 10.9. The van der Waals surface area contributed by atoms with Crippen molar-refractivity contribution in [2.45, 2.75) is 32.9 Å². The van der Waals surface area contributed by atoms with E-state index >= 15 is 0 Å². The lowest BCUT2D eigenvalue weighted by atomic mass is 10.00. The molecule has 1 aliphatic heterocycles. The third-order valence-electron chi connectivity index (χ3n) is 5.82. The van der Waals surface area contributed by atoms with Crippen LogP contribution in [0, 0.1) is 12.7 Å². The Morgan fingerprint density at radius 3 is 2.73 bits per heavy atom. The fraction of sp³-hybridized carbons (Fsp3) is 0.308. The zero-order valence-electron chi connectivity index (χ0n) is 19.0. The number of morpholine rings is 1. The van der Waals surface area contributed by atoms with E-state index in [0.29, 0.717) is 17.3 Å². The summed E-state index contributed by atoms with van der Waals surface area (Å²) in [7, 11) is 0. The van der Waals surface area contributed by atoms with E-state index in [9.17, 15) is 9.18 Å². The summed E-state index contributed by atoms with van der Waals surface area (Å²) in [5.41, 5.74) is 5.67. The number of carbonyl (C=O) groups is 1. The quantitative estimate of drug-likeness (QED) is 0.584. The first-order valence-electron chi connectivity index (χ1n) is 10.9. The molecule has 33 heavy (non-hydrogen) atoms. The van der Waals surface area contributed by atoms with Gasteiger partial charge in [-0.25, -0.2) is 4.39 Å². The number of amides is 1. The molecule has 0 saturated carbocycles. The first kappa shape index (κ1) is 24.7. The van der Waals surface area contributed by atoms with Crippen LogP contribution >= 0.6 is 13.5 Å². The maximum atomic E-state index is 13.7. The number of nitrogens with zero attached hydrogens (tertiary/aromatic N) is 2. The van der Waals surface area contributed by atoms with Gasteiger partial charge in [-0.05, 0) is 49.2 Å². The smallest absolute Gasteiger partial charge is 0.226 e. The minimum absolute atomic E-state index is 0. The Hall–Kier alpha value is -2.90. The van der Waals surface area contributed by atoms with Crippen molar-refractivity contribution in [1.29, 1.82) is 0 Å². The van der Waals surface area contributed by atoms with Gasteiger partial charge in [0.25, 0.3) is 0 Å². The van der Waals surface area contributed by atoms with Crippen molar-refractivity contribution >= 4 is 25.1 Å². The number of carbonyl (C=O) groups excluding carboxylic acids is 1. The molecule has 1 amide bonds. The fourth-order valence-electron chi connectivity index (χ4n) is 4.01. The standard InChI is InChI=1S/C26H28FN3O2.H2S/c1-18-13-23(30-11-12-32-17-19(30)2)9-10-24(18)20-7-8-22(28-15-20)14-26(31)29-16-21-5-3-4-6-25(21)27;/h3-10,13,15,19H,11-12,14,16-17H2,1-2H3,(H,29,31);1H2/t19-;/m0./s1. The van der Waals surface area contributed by atoms with Gasteiger partial charge in [0, 0.05) is 47.8 Å². The summed E-state index contributed by atoms with van der Waals surface area (Å²) in [5, 5.41) is 2.75. The van der Waals surface area contributed by atoms with Crippen LogP contribution in [-0.2, 0) is 22.5 Å². The van der Waals surface area contributed by atoms with Crippen LogP contribution in [0.15, 0.2) is 60.8 Å². The van der Waals surface area contributed by atoms with Crippen LogP contribution in [0.25, 0.3) is 11.1 Å². The molecule has 7 heteroatoms.